The molecular weight excluding hydrogens is 255 g/mol. The Labute approximate surface area is 98.0 Å². The molecule has 0 heterocycles. The number of phosphoric ester groups is 1. The molecule has 1 rings (SSSR count). The lowest BCUT2D eigenvalue weighted by molar-refractivity contribution is -0.342. The van der Waals surface area contributed by atoms with Crippen molar-refractivity contribution >= 4 is 7.82 Å². The van der Waals surface area contributed by atoms with Crippen LogP contribution in [0.25, 0.3) is 0 Å². The maximum Gasteiger partial charge on any atom is 0.106 e. The van der Waals surface area contributed by atoms with Gasteiger partial charge in [0.1, 0.15) is 6.10 Å². The van der Waals surface area contributed by atoms with Crippen LogP contribution in [0.4, 0.5) is 0 Å². The molecule has 0 aromatic rings. The van der Waals surface area contributed by atoms with Gasteiger partial charge >= 0.3 is 0 Å². The van der Waals surface area contributed by atoms with Gasteiger partial charge in [-0.3, -0.25) is 0 Å². The van der Waals surface area contributed by atoms with E-state index >= 15 is 0 Å². The van der Waals surface area contributed by atoms with E-state index in [1.165, 1.54) is 0 Å². The first-order chi connectivity index (χ1) is 7.79. The lowest BCUT2D eigenvalue weighted by Gasteiger charge is -2.35. The highest BCUT2D eigenvalue weighted by molar-refractivity contribution is 7.43. The van der Waals surface area contributed by atoms with Crippen LogP contribution in [0.3, 0.4) is 0 Å². The van der Waals surface area contributed by atoms with Crippen molar-refractivity contribution in [2.45, 2.75) is 37.3 Å². The number of hydrogen-bond acceptors (Lipinski definition) is 8. The molecule has 9 heteroatoms. The maximum atomic E-state index is 10.1. The summed E-state index contributed by atoms with van der Waals surface area (Å²) in [5, 5.41) is 28.2. The summed E-state index contributed by atoms with van der Waals surface area (Å²) in [6.45, 7) is -0.685. The van der Waals surface area contributed by atoms with Gasteiger partial charge in [-0.1, -0.05) is 0 Å². The second-order valence-electron chi connectivity index (χ2n) is 3.87. The molecule has 8 nitrogen and oxygen atoms in total. The van der Waals surface area contributed by atoms with Gasteiger partial charge in [0.25, 0.3) is 0 Å². The Morgan fingerprint density at radius 2 is 1.82 bits per heavy atom. The van der Waals surface area contributed by atoms with Gasteiger partial charge < -0.3 is 38.9 Å². The van der Waals surface area contributed by atoms with Gasteiger partial charge in [-0.15, -0.1) is 0 Å². The van der Waals surface area contributed by atoms with Crippen molar-refractivity contribution in [3.63, 3.8) is 0 Å². The Morgan fingerprint density at radius 3 is 2.41 bits per heavy atom. The molecule has 1 aliphatic rings. The molecule has 0 amide bonds. The quantitative estimate of drug-likeness (QED) is 0.356. The lowest BCUT2D eigenvalue weighted by Crippen LogP contribution is -2.47. The van der Waals surface area contributed by atoms with E-state index in [2.05, 4.69) is 4.52 Å². The summed E-state index contributed by atoms with van der Waals surface area (Å²) >= 11 is 0. The molecule has 1 saturated carbocycles. The van der Waals surface area contributed by atoms with Crippen LogP contribution in [0.5, 0.6) is 0 Å². The Bertz CT molecular complexity index is 279. The Morgan fingerprint density at radius 1 is 1.18 bits per heavy atom. The van der Waals surface area contributed by atoms with Crippen LogP contribution >= 0.6 is 7.82 Å². The minimum absolute atomic E-state index is 0.0633. The van der Waals surface area contributed by atoms with Gasteiger partial charge in [0.05, 0.1) is 39.3 Å². The molecule has 102 valence electrons. The highest BCUT2D eigenvalue weighted by Gasteiger charge is 2.35. The van der Waals surface area contributed by atoms with Gasteiger partial charge in [0.15, 0.2) is 0 Å². The Balaban J connectivity index is 2.28. The van der Waals surface area contributed by atoms with Crippen molar-refractivity contribution in [3.8, 4) is 0 Å². The van der Waals surface area contributed by atoms with Crippen molar-refractivity contribution < 1.29 is 38.9 Å². The van der Waals surface area contributed by atoms with Crippen LogP contribution in [-0.4, -0.2) is 52.9 Å². The average Bonchev–Trinajstić information content (AvgIpc) is 2.18. The van der Waals surface area contributed by atoms with Crippen LogP contribution in [0, 0.1) is 0 Å². The summed E-state index contributed by atoms with van der Waals surface area (Å²) in [4.78, 5) is 20.2. The number of phosphoric acid groups is 1. The third-order valence-electron chi connectivity index (χ3n) is 2.46. The molecule has 1 aliphatic carbocycles. The van der Waals surface area contributed by atoms with Crippen LogP contribution < -0.4 is 9.79 Å². The van der Waals surface area contributed by atoms with Crippen molar-refractivity contribution in [1.82, 2.24) is 0 Å². The number of ether oxygens (including phenoxy) is 1. The van der Waals surface area contributed by atoms with Crippen molar-refractivity contribution in [2.75, 3.05) is 13.2 Å². The molecule has 0 aromatic carbocycles. The van der Waals surface area contributed by atoms with Gasteiger partial charge in [-0.05, 0) is 0 Å². The zero-order valence-corrected chi connectivity index (χ0v) is 9.86. The normalized spacial score (nSPS) is 34.9. The van der Waals surface area contributed by atoms with E-state index in [-0.39, 0.29) is 19.4 Å². The fraction of sp³-hybridized carbons (Fsp3) is 1.00. The van der Waals surface area contributed by atoms with Gasteiger partial charge in [-0.2, -0.15) is 0 Å². The van der Waals surface area contributed by atoms with Gasteiger partial charge in [-0.25, -0.2) is 0 Å². The van der Waals surface area contributed by atoms with Crippen molar-refractivity contribution in [2.24, 2.45) is 0 Å². The molecule has 0 spiro atoms. The number of aliphatic hydroxyl groups excluding tert-OH is 3. The summed E-state index contributed by atoms with van der Waals surface area (Å²) in [5.74, 6) is 0. The van der Waals surface area contributed by atoms with E-state index in [0.717, 1.165) is 0 Å². The molecule has 0 unspecified atom stereocenters. The molecule has 1 fully saturated rings. The van der Waals surface area contributed by atoms with E-state index in [0.29, 0.717) is 0 Å². The van der Waals surface area contributed by atoms with E-state index < -0.39 is 38.8 Å². The van der Waals surface area contributed by atoms with E-state index in [9.17, 15) is 29.7 Å². The smallest absolute Gasteiger partial charge is 0.106 e. The first-order valence-electron chi connectivity index (χ1n) is 5.12. The molecule has 4 atom stereocenters. The van der Waals surface area contributed by atoms with E-state index in [4.69, 9.17) is 4.74 Å². The van der Waals surface area contributed by atoms with Crippen LogP contribution in [-0.2, 0) is 13.8 Å². The van der Waals surface area contributed by atoms with Crippen LogP contribution in [0.2, 0.25) is 0 Å². The number of hydrogen-bond donors (Lipinski definition) is 3. The SMILES string of the molecule is O=P([O-])([O-])OCCO[C@@H]1C[C@H](O)C[C@@H](O)[C@H]1O. The zero-order valence-electron chi connectivity index (χ0n) is 8.97. The summed E-state index contributed by atoms with van der Waals surface area (Å²) in [6, 6.07) is 0. The monoisotopic (exact) mass is 270 g/mol. The van der Waals surface area contributed by atoms with E-state index in [1.807, 2.05) is 0 Å². The second-order valence-corrected chi connectivity index (χ2v) is 5.03. The largest absolute Gasteiger partial charge is 0.790 e. The van der Waals surface area contributed by atoms with Gasteiger partial charge in [0, 0.05) is 12.8 Å². The molecule has 0 saturated heterocycles. The molecule has 0 radical (unpaired) electrons. The lowest BCUT2D eigenvalue weighted by atomic mass is 9.90. The minimum atomic E-state index is -5.02. The molecule has 3 N–H and O–H groups in total. The highest BCUT2D eigenvalue weighted by Crippen LogP contribution is 2.25. The minimum Gasteiger partial charge on any atom is -0.790 e. The predicted molar refractivity (Wildman–Crippen MR) is 50.6 cm³/mol. The summed E-state index contributed by atoms with van der Waals surface area (Å²) in [5.41, 5.74) is 0. The van der Waals surface area contributed by atoms with Gasteiger partial charge in [0.2, 0.25) is 0 Å². The third kappa shape index (κ3) is 5.41. The Kier molecular flexibility index (Phi) is 5.49. The van der Waals surface area contributed by atoms with Crippen molar-refractivity contribution in [1.29, 1.82) is 0 Å². The first kappa shape index (κ1) is 15.0. The molecule has 0 bridgehead atoms. The molecule has 17 heavy (non-hydrogen) atoms. The topological polar surface area (TPSA) is 142 Å². The van der Waals surface area contributed by atoms with Crippen LogP contribution in [0.1, 0.15) is 12.8 Å². The second kappa shape index (κ2) is 6.21. The third-order valence-corrected chi connectivity index (χ3v) is 2.96. The summed E-state index contributed by atoms with van der Waals surface area (Å²) < 4.78 is 19.1. The highest BCUT2D eigenvalue weighted by atomic mass is 31.2. The Hall–Kier alpha value is -0.0500. The summed E-state index contributed by atoms with van der Waals surface area (Å²) in [7, 11) is -5.02. The fourth-order valence-electron chi connectivity index (χ4n) is 1.68. The standard InChI is InChI=1S/C8H17O8P/c9-5-3-6(10)8(11)7(4-5)15-1-2-16-17(12,13)14/h5-11H,1-4H2,(H2,12,13,14)/p-2/t5-,6-,7-,8-/m1/s1. The zero-order chi connectivity index (χ0) is 13.1. The number of aliphatic hydroxyl groups is 3. The average molecular weight is 270 g/mol. The van der Waals surface area contributed by atoms with Crippen molar-refractivity contribution in [3.05, 3.63) is 0 Å². The summed E-state index contributed by atoms with van der Waals surface area (Å²) in [6.07, 6.45) is -3.64. The van der Waals surface area contributed by atoms with E-state index in [1.54, 1.807) is 0 Å². The first-order valence-corrected chi connectivity index (χ1v) is 6.58. The molecule has 0 aromatic heterocycles. The number of rotatable bonds is 5. The fourth-order valence-corrected chi connectivity index (χ4v) is 1.98. The molecule has 0 aliphatic heterocycles. The predicted octanol–water partition coefficient (Wildman–Crippen LogP) is -2.91. The maximum absolute atomic E-state index is 10.1. The molecular formula is C8H15O8P-2. The van der Waals surface area contributed by atoms with Crippen LogP contribution in [0.15, 0.2) is 0 Å².